The van der Waals surface area contributed by atoms with Gasteiger partial charge in [0, 0.05) is 50.2 Å². The highest BCUT2D eigenvalue weighted by atomic mass is 79.9. The van der Waals surface area contributed by atoms with Crippen LogP contribution in [0.5, 0.6) is 0 Å². The molecule has 7 nitrogen and oxygen atoms in total. The van der Waals surface area contributed by atoms with E-state index in [-0.39, 0.29) is 11.8 Å². The second-order valence-electron chi connectivity index (χ2n) is 9.39. The lowest BCUT2D eigenvalue weighted by Crippen LogP contribution is -2.18. The monoisotopic (exact) mass is 701 g/mol. The van der Waals surface area contributed by atoms with Gasteiger partial charge in [0.25, 0.3) is 0 Å². The summed E-state index contributed by atoms with van der Waals surface area (Å²) in [6, 6.07) is 25.7. The highest BCUT2D eigenvalue weighted by Gasteiger charge is 2.09. The third-order valence-electron chi connectivity index (χ3n) is 5.95. The van der Waals surface area contributed by atoms with Gasteiger partial charge in [0.1, 0.15) is 4.88 Å². The Bertz CT molecular complexity index is 1490. The minimum Gasteiger partial charge on any atom is -0.477 e. The summed E-state index contributed by atoms with van der Waals surface area (Å²) in [7, 11) is 0. The summed E-state index contributed by atoms with van der Waals surface area (Å²) >= 11 is 8.00. The van der Waals surface area contributed by atoms with Crippen LogP contribution in [0.15, 0.2) is 87.8 Å². The molecular formula is C31H33Br2N3O4S. The topological polar surface area (TPSA) is 131 Å². The van der Waals surface area contributed by atoms with E-state index in [0.29, 0.717) is 16.6 Å². The zero-order valence-corrected chi connectivity index (χ0v) is 26.8. The Balaban J connectivity index is 0.000000156. The van der Waals surface area contributed by atoms with Crippen LogP contribution >= 0.6 is 43.2 Å². The zero-order valence-electron chi connectivity index (χ0n) is 22.8. The van der Waals surface area contributed by atoms with Crippen LogP contribution in [0.1, 0.15) is 52.0 Å². The number of nitrogens with two attached hydrogens (primary N) is 2. The van der Waals surface area contributed by atoms with Crippen molar-refractivity contribution in [3.63, 3.8) is 0 Å². The van der Waals surface area contributed by atoms with Crippen molar-refractivity contribution in [2.45, 2.75) is 32.4 Å². The molecule has 0 bridgehead atoms. The fraction of sp³-hybridized carbons (Fsp3) is 0.226. The third-order valence-corrected chi connectivity index (χ3v) is 8.02. The normalized spacial score (nSPS) is 14.6. The summed E-state index contributed by atoms with van der Waals surface area (Å²) in [5.41, 5.74) is 13.9. The number of H-pyrrole nitrogens is 1. The van der Waals surface area contributed by atoms with Gasteiger partial charge in [-0.05, 0) is 60.7 Å². The van der Waals surface area contributed by atoms with Crippen molar-refractivity contribution >= 4 is 75.9 Å². The van der Waals surface area contributed by atoms with Crippen LogP contribution in [0.25, 0.3) is 21.0 Å². The van der Waals surface area contributed by atoms with E-state index in [1.165, 1.54) is 16.9 Å². The number of thiophene rings is 1. The highest BCUT2D eigenvalue weighted by molar-refractivity contribution is 9.10. The van der Waals surface area contributed by atoms with Gasteiger partial charge in [0.15, 0.2) is 5.78 Å². The van der Waals surface area contributed by atoms with Gasteiger partial charge in [-0.25, -0.2) is 4.79 Å². The summed E-state index contributed by atoms with van der Waals surface area (Å²) in [5, 5.41) is 10.8. The molecule has 0 aliphatic carbocycles. The first-order valence-corrected chi connectivity index (χ1v) is 15.3. The van der Waals surface area contributed by atoms with E-state index in [1.54, 1.807) is 13.0 Å². The van der Waals surface area contributed by atoms with Crippen LogP contribution < -0.4 is 11.5 Å². The number of hydrogen-bond donors (Lipinski definition) is 4. The number of carbonyl (C=O) groups is 2. The van der Waals surface area contributed by atoms with Gasteiger partial charge in [-0.15, -0.1) is 11.3 Å². The number of aromatic amines is 1. The molecule has 2 unspecified atom stereocenters. The quantitative estimate of drug-likeness (QED) is 0.141. The first kappa shape index (κ1) is 32.7. The Hall–Kier alpha value is -2.86. The summed E-state index contributed by atoms with van der Waals surface area (Å²) in [6.45, 7) is 5.16. The Morgan fingerprint density at radius 2 is 1.66 bits per heavy atom. The summed E-state index contributed by atoms with van der Waals surface area (Å²) < 4.78 is 7.91. The second kappa shape index (κ2) is 16.0. The van der Waals surface area contributed by atoms with Crippen LogP contribution in [-0.4, -0.2) is 41.1 Å². The number of aromatic nitrogens is 1. The van der Waals surface area contributed by atoms with E-state index in [2.05, 4.69) is 36.8 Å². The van der Waals surface area contributed by atoms with Crippen molar-refractivity contribution in [3.8, 4) is 0 Å². The van der Waals surface area contributed by atoms with Crippen molar-refractivity contribution in [1.29, 1.82) is 0 Å². The molecule has 0 radical (unpaired) electrons. The van der Waals surface area contributed by atoms with E-state index in [0.717, 1.165) is 49.6 Å². The first-order chi connectivity index (χ1) is 19.5. The van der Waals surface area contributed by atoms with Crippen LogP contribution in [0.3, 0.4) is 0 Å². The number of benzene rings is 3. The minimum atomic E-state index is -0.864. The van der Waals surface area contributed by atoms with Crippen LogP contribution in [0.4, 0.5) is 0 Å². The standard InChI is InChI=1S/C10H8BrNO.C9H5BrO2S.C8H11N.C4H9NO/c1-6(13)9-4-7-2-3-8(11)5-10(7)12-9;10-6-2-1-5-3-8(9(11)12)13-7(5)4-6;1-7(9)8-5-3-2-4-6-8;5-4-1-2-6-3-4/h2-5,12H,1H3;1-4H,(H,11,12);2-7H,9H2,1H3;4H,1-3,5H2. The molecule has 2 atom stereocenters. The Morgan fingerprint density at radius 1 is 1.00 bits per heavy atom. The molecule has 2 aromatic heterocycles. The van der Waals surface area contributed by atoms with Crippen molar-refractivity contribution in [2.24, 2.45) is 11.5 Å². The fourth-order valence-electron chi connectivity index (χ4n) is 3.71. The maximum Gasteiger partial charge on any atom is 0.345 e. The largest absolute Gasteiger partial charge is 0.477 e. The van der Waals surface area contributed by atoms with Gasteiger partial charge >= 0.3 is 5.97 Å². The molecule has 0 amide bonds. The summed E-state index contributed by atoms with van der Waals surface area (Å²) in [6.07, 6.45) is 1.04. The number of carbonyl (C=O) groups excluding carboxylic acids is 1. The average molecular weight is 703 g/mol. The molecular weight excluding hydrogens is 670 g/mol. The summed E-state index contributed by atoms with van der Waals surface area (Å²) in [5.74, 6) is -0.801. The van der Waals surface area contributed by atoms with Gasteiger partial charge < -0.3 is 26.3 Å². The number of fused-ring (bicyclic) bond motifs is 2. The Morgan fingerprint density at radius 3 is 2.17 bits per heavy atom. The van der Waals surface area contributed by atoms with E-state index in [1.807, 2.05) is 79.7 Å². The smallest absolute Gasteiger partial charge is 0.345 e. The summed E-state index contributed by atoms with van der Waals surface area (Å²) in [4.78, 5) is 25.1. The number of nitrogens with one attached hydrogen (secondary N) is 1. The molecule has 5 aromatic rings. The van der Waals surface area contributed by atoms with E-state index >= 15 is 0 Å². The number of hydrogen-bond acceptors (Lipinski definition) is 6. The third kappa shape index (κ3) is 10.5. The number of rotatable bonds is 3. The van der Waals surface area contributed by atoms with Crippen molar-refractivity contribution in [1.82, 2.24) is 4.98 Å². The molecule has 0 saturated carbocycles. The molecule has 6 N–H and O–H groups in total. The van der Waals surface area contributed by atoms with Gasteiger partial charge in [-0.2, -0.15) is 0 Å². The average Bonchev–Trinajstić information content (AvgIpc) is 3.69. The molecule has 216 valence electrons. The number of carboxylic acid groups (broad SMARTS) is 1. The molecule has 1 fully saturated rings. The maximum absolute atomic E-state index is 11.1. The predicted octanol–water partition coefficient (Wildman–Crippen LogP) is 7.94. The van der Waals surface area contributed by atoms with Crippen molar-refractivity contribution in [2.75, 3.05) is 13.2 Å². The Labute approximate surface area is 260 Å². The first-order valence-electron chi connectivity index (χ1n) is 12.9. The minimum absolute atomic E-state index is 0.0623. The molecule has 3 heterocycles. The van der Waals surface area contributed by atoms with Gasteiger partial charge in [0.05, 0.1) is 12.3 Å². The van der Waals surface area contributed by atoms with E-state index in [9.17, 15) is 9.59 Å². The van der Waals surface area contributed by atoms with Crippen molar-refractivity contribution < 1.29 is 19.4 Å². The fourth-order valence-corrected chi connectivity index (χ4v) is 5.52. The van der Waals surface area contributed by atoms with Gasteiger partial charge in [0.2, 0.25) is 0 Å². The number of ether oxygens (including phenoxy) is 1. The van der Waals surface area contributed by atoms with Crippen LogP contribution in [0, 0.1) is 0 Å². The highest BCUT2D eigenvalue weighted by Crippen LogP contribution is 2.28. The molecule has 3 aromatic carbocycles. The number of carboxylic acids is 1. The lowest BCUT2D eigenvalue weighted by molar-refractivity contribution is 0.0702. The predicted molar refractivity (Wildman–Crippen MR) is 175 cm³/mol. The van der Waals surface area contributed by atoms with Crippen LogP contribution in [-0.2, 0) is 4.74 Å². The molecule has 0 spiro atoms. The molecule has 1 aliphatic rings. The number of Topliss-reactive ketones (excluding diaryl/α,β-unsaturated/α-hetero) is 1. The van der Waals surface area contributed by atoms with E-state index in [4.69, 9.17) is 21.3 Å². The van der Waals surface area contributed by atoms with Gasteiger partial charge in [-0.1, -0.05) is 74.3 Å². The number of ketones is 1. The lowest BCUT2D eigenvalue weighted by Gasteiger charge is -2.02. The molecule has 1 saturated heterocycles. The second-order valence-corrected chi connectivity index (χ2v) is 12.3. The Kier molecular flexibility index (Phi) is 12.7. The van der Waals surface area contributed by atoms with Gasteiger partial charge in [-0.3, -0.25) is 4.79 Å². The molecule has 10 heteroatoms. The van der Waals surface area contributed by atoms with E-state index < -0.39 is 5.97 Å². The van der Waals surface area contributed by atoms with Crippen molar-refractivity contribution in [3.05, 3.63) is 104 Å². The lowest BCUT2D eigenvalue weighted by atomic mass is 10.1. The molecule has 1 aliphatic heterocycles. The maximum atomic E-state index is 11.1. The molecule has 6 rings (SSSR count). The zero-order chi connectivity index (χ0) is 29.9. The number of aromatic carboxylic acids is 1. The number of halogens is 2. The van der Waals surface area contributed by atoms with Crippen LogP contribution in [0.2, 0.25) is 0 Å². The SMILES string of the molecule is CC(=O)c1cc2ccc(Br)cc2[nH]1.CC(N)c1ccccc1.NC1CCOC1.O=C(O)c1cc2ccc(Br)cc2s1. The molecule has 41 heavy (non-hydrogen) atoms.